The molecule has 0 saturated carbocycles. The van der Waals surface area contributed by atoms with Crippen LogP contribution in [-0.2, 0) is 16.0 Å². The molecule has 29 heavy (non-hydrogen) atoms. The van der Waals surface area contributed by atoms with Gasteiger partial charge in [-0.1, -0.05) is 35.9 Å². The van der Waals surface area contributed by atoms with E-state index in [9.17, 15) is 18.8 Å². The smallest absolute Gasteiger partial charge is 0.336 e. The highest BCUT2D eigenvalue weighted by Gasteiger charge is 2.36. The van der Waals surface area contributed by atoms with Crippen LogP contribution in [0.4, 0.5) is 8.78 Å². The third kappa shape index (κ3) is 4.01. The van der Waals surface area contributed by atoms with Gasteiger partial charge in [-0.05, 0) is 36.2 Å². The summed E-state index contributed by atoms with van der Waals surface area (Å²) < 4.78 is 32.7. The van der Waals surface area contributed by atoms with Gasteiger partial charge in [0.15, 0.2) is 0 Å². The Bertz CT molecular complexity index is 1090. The van der Waals surface area contributed by atoms with Crippen molar-refractivity contribution < 1.29 is 18.3 Å². The second-order valence-electron chi connectivity index (χ2n) is 6.53. The van der Waals surface area contributed by atoms with Gasteiger partial charge < -0.3 is 10.1 Å². The highest BCUT2D eigenvalue weighted by atomic mass is 35.5. The minimum atomic E-state index is -0.872. The number of carbonyl (C=O) groups is 1. The number of halogens is 3. The van der Waals surface area contributed by atoms with E-state index in [1.54, 1.807) is 25.1 Å². The van der Waals surface area contributed by atoms with Gasteiger partial charge in [-0.15, -0.1) is 0 Å². The molecule has 0 bridgehead atoms. The molecule has 1 atom stereocenters. The summed E-state index contributed by atoms with van der Waals surface area (Å²) >= 11 is 6.25. The molecule has 4 nitrogen and oxygen atoms in total. The van der Waals surface area contributed by atoms with Gasteiger partial charge in [-0.25, -0.2) is 13.6 Å². The van der Waals surface area contributed by atoms with Crippen molar-refractivity contribution in [1.29, 1.82) is 5.26 Å². The highest BCUT2D eigenvalue weighted by Crippen LogP contribution is 2.41. The Balaban J connectivity index is 2.20. The zero-order valence-corrected chi connectivity index (χ0v) is 16.5. The van der Waals surface area contributed by atoms with Crippen LogP contribution in [0.2, 0.25) is 5.02 Å². The van der Waals surface area contributed by atoms with Gasteiger partial charge in [0.25, 0.3) is 0 Å². The van der Waals surface area contributed by atoms with Crippen molar-refractivity contribution in [3.63, 3.8) is 0 Å². The molecule has 0 amide bonds. The Labute approximate surface area is 172 Å². The van der Waals surface area contributed by atoms with Gasteiger partial charge in [-0.3, -0.25) is 0 Å². The first-order chi connectivity index (χ1) is 13.9. The van der Waals surface area contributed by atoms with Gasteiger partial charge in [0.05, 0.1) is 30.2 Å². The maximum atomic E-state index is 14.2. The number of benzene rings is 2. The Morgan fingerprint density at radius 3 is 2.62 bits per heavy atom. The van der Waals surface area contributed by atoms with Crippen molar-refractivity contribution >= 4 is 17.6 Å². The Kier molecular flexibility index (Phi) is 6.00. The molecule has 1 aliphatic heterocycles. The molecule has 0 fully saturated rings. The predicted molar refractivity (Wildman–Crippen MR) is 105 cm³/mol. The molecule has 1 N–H and O–H groups in total. The first kappa shape index (κ1) is 20.6. The summed E-state index contributed by atoms with van der Waals surface area (Å²) in [6, 6.07) is 12.1. The van der Waals surface area contributed by atoms with Gasteiger partial charge in [0, 0.05) is 22.8 Å². The standard InChI is InChI=1S/C22H17ClF2N2O2/c1-12-20(22(28)29-2)21(15-8-7-14(24)10-17(15)23)16(11-26)19(27-12)9-13-5-3-4-6-18(13)25/h3-8,10,21,27H,9H2,1-2H3. The molecular formula is C22H17ClF2N2O2. The van der Waals surface area contributed by atoms with Crippen LogP contribution in [-0.4, -0.2) is 13.1 Å². The fourth-order valence-electron chi connectivity index (χ4n) is 3.43. The molecule has 0 saturated heterocycles. The van der Waals surface area contributed by atoms with E-state index in [0.717, 1.165) is 6.07 Å². The lowest BCUT2D eigenvalue weighted by Crippen LogP contribution is -2.30. The van der Waals surface area contributed by atoms with E-state index in [-0.39, 0.29) is 22.6 Å². The van der Waals surface area contributed by atoms with Crippen LogP contribution in [0.25, 0.3) is 0 Å². The molecule has 0 spiro atoms. The SMILES string of the molecule is COC(=O)C1=C(C)NC(Cc2ccccc2F)=C(C#N)C1c1ccc(F)cc1Cl. The lowest BCUT2D eigenvalue weighted by atomic mass is 9.80. The van der Waals surface area contributed by atoms with E-state index in [0.29, 0.717) is 22.5 Å². The maximum absolute atomic E-state index is 14.2. The van der Waals surface area contributed by atoms with Crippen LogP contribution < -0.4 is 5.32 Å². The van der Waals surface area contributed by atoms with Crippen LogP contribution in [0, 0.1) is 23.0 Å². The number of allylic oxidation sites excluding steroid dienone is 3. The zero-order valence-electron chi connectivity index (χ0n) is 15.7. The summed E-state index contributed by atoms with van der Waals surface area (Å²) in [5, 5.41) is 13.0. The quantitative estimate of drug-likeness (QED) is 0.732. The largest absolute Gasteiger partial charge is 0.466 e. The minimum Gasteiger partial charge on any atom is -0.466 e. The van der Waals surface area contributed by atoms with Crippen molar-refractivity contribution in [2.24, 2.45) is 0 Å². The molecule has 1 heterocycles. The van der Waals surface area contributed by atoms with E-state index in [4.69, 9.17) is 16.3 Å². The summed E-state index contributed by atoms with van der Waals surface area (Å²) in [7, 11) is 1.23. The van der Waals surface area contributed by atoms with Crippen LogP contribution >= 0.6 is 11.6 Å². The lowest BCUT2D eigenvalue weighted by Gasteiger charge is -2.30. The van der Waals surface area contributed by atoms with Crippen molar-refractivity contribution in [2.75, 3.05) is 7.11 Å². The second kappa shape index (κ2) is 8.46. The van der Waals surface area contributed by atoms with Crippen LogP contribution in [0.5, 0.6) is 0 Å². The summed E-state index contributed by atoms with van der Waals surface area (Å²) in [6.45, 7) is 1.66. The Hall–Kier alpha value is -3.17. The summed E-state index contributed by atoms with van der Waals surface area (Å²) in [6.07, 6.45) is 0.108. The van der Waals surface area contributed by atoms with Gasteiger partial charge >= 0.3 is 5.97 Å². The van der Waals surface area contributed by atoms with E-state index < -0.39 is 23.5 Å². The molecule has 7 heteroatoms. The third-order valence-electron chi connectivity index (χ3n) is 4.77. The van der Waals surface area contributed by atoms with Gasteiger partial charge in [0.2, 0.25) is 0 Å². The van der Waals surface area contributed by atoms with Crippen molar-refractivity contribution in [3.8, 4) is 6.07 Å². The molecular weight excluding hydrogens is 398 g/mol. The summed E-state index contributed by atoms with van der Waals surface area (Å²) in [5.41, 5.74) is 2.04. The van der Waals surface area contributed by atoms with E-state index in [1.165, 1.54) is 25.3 Å². The fourth-order valence-corrected chi connectivity index (χ4v) is 3.70. The summed E-state index contributed by atoms with van der Waals surface area (Å²) in [5.74, 6) is -2.46. The third-order valence-corrected chi connectivity index (χ3v) is 5.10. The number of rotatable bonds is 4. The number of dihydropyridines is 1. The van der Waals surface area contributed by atoms with Crippen molar-refractivity contribution in [1.82, 2.24) is 5.32 Å². The first-order valence-corrected chi connectivity index (χ1v) is 9.12. The van der Waals surface area contributed by atoms with Crippen molar-refractivity contribution in [3.05, 3.63) is 92.8 Å². The fraction of sp³-hybridized carbons (Fsp3) is 0.182. The monoisotopic (exact) mass is 414 g/mol. The molecule has 3 rings (SSSR count). The summed E-state index contributed by atoms with van der Waals surface area (Å²) in [4.78, 5) is 12.5. The molecule has 0 aromatic heterocycles. The highest BCUT2D eigenvalue weighted by molar-refractivity contribution is 6.31. The van der Waals surface area contributed by atoms with E-state index in [1.807, 2.05) is 0 Å². The number of ether oxygens (including phenoxy) is 1. The molecule has 2 aromatic carbocycles. The van der Waals surface area contributed by atoms with Crippen molar-refractivity contribution in [2.45, 2.75) is 19.3 Å². The van der Waals surface area contributed by atoms with E-state index in [2.05, 4.69) is 11.4 Å². The Morgan fingerprint density at radius 1 is 1.28 bits per heavy atom. The number of methoxy groups -OCH3 is 1. The van der Waals surface area contributed by atoms with Crippen LogP contribution in [0.3, 0.4) is 0 Å². The Morgan fingerprint density at radius 2 is 2.00 bits per heavy atom. The first-order valence-electron chi connectivity index (χ1n) is 8.75. The molecule has 148 valence electrons. The minimum absolute atomic E-state index is 0.0732. The average Bonchev–Trinajstić information content (AvgIpc) is 2.69. The molecule has 0 aliphatic carbocycles. The maximum Gasteiger partial charge on any atom is 0.336 e. The number of nitriles is 1. The van der Waals surface area contributed by atoms with E-state index >= 15 is 0 Å². The number of nitrogens with zero attached hydrogens (tertiary/aromatic N) is 1. The lowest BCUT2D eigenvalue weighted by molar-refractivity contribution is -0.136. The number of carbonyl (C=O) groups excluding carboxylic acids is 1. The van der Waals surface area contributed by atoms with Crippen LogP contribution in [0.1, 0.15) is 24.0 Å². The molecule has 1 aliphatic rings. The number of hydrogen-bond donors (Lipinski definition) is 1. The predicted octanol–water partition coefficient (Wildman–Crippen LogP) is 4.77. The normalized spacial score (nSPS) is 16.3. The van der Waals surface area contributed by atoms with Crippen LogP contribution in [0.15, 0.2) is 65.0 Å². The average molecular weight is 415 g/mol. The van der Waals surface area contributed by atoms with Gasteiger partial charge in [0.1, 0.15) is 11.6 Å². The number of nitrogens with one attached hydrogen (secondary N) is 1. The molecule has 2 aromatic rings. The number of esters is 1. The van der Waals surface area contributed by atoms with Gasteiger partial charge in [-0.2, -0.15) is 5.26 Å². The molecule has 0 radical (unpaired) electrons. The molecule has 1 unspecified atom stereocenters. The topological polar surface area (TPSA) is 62.1 Å². The zero-order chi connectivity index (χ0) is 21.1. The number of hydrogen-bond acceptors (Lipinski definition) is 4. The second-order valence-corrected chi connectivity index (χ2v) is 6.93.